The number of aryl methyl sites for hydroxylation is 1. The molecule has 1 aromatic heterocycles. The molecule has 0 fully saturated rings. The summed E-state index contributed by atoms with van der Waals surface area (Å²) in [5.74, 6) is 1.14. The summed E-state index contributed by atoms with van der Waals surface area (Å²) in [7, 11) is 0. The second-order valence-electron chi connectivity index (χ2n) is 4.26. The molecule has 3 heteroatoms. The molecule has 110 valence electrons. The first-order valence-electron chi connectivity index (χ1n) is 7.08. The molecule has 0 atom stereocenters. The Labute approximate surface area is 126 Å². The second kappa shape index (κ2) is 8.69. The number of rotatable bonds is 4. The number of nitrogens with zero attached hydrogens (tertiary/aromatic N) is 2. The average Bonchev–Trinajstić information content (AvgIpc) is 3.00. The van der Waals surface area contributed by atoms with Gasteiger partial charge in [-0.05, 0) is 13.8 Å². The minimum absolute atomic E-state index is 0.532. The number of hydrogen-bond acceptors (Lipinski definition) is 3. The maximum Gasteiger partial charge on any atom is 0.253 e. The summed E-state index contributed by atoms with van der Waals surface area (Å²) in [5.41, 5.74) is 3.08. The van der Waals surface area contributed by atoms with Crippen LogP contribution in [0.25, 0.3) is 17.0 Å². The van der Waals surface area contributed by atoms with E-state index in [1.165, 1.54) is 5.56 Å². The van der Waals surface area contributed by atoms with Gasteiger partial charge in [0.15, 0.2) is 0 Å². The van der Waals surface area contributed by atoms with E-state index in [0.717, 1.165) is 11.1 Å². The van der Waals surface area contributed by atoms with Gasteiger partial charge in [0, 0.05) is 11.1 Å². The van der Waals surface area contributed by atoms with Gasteiger partial charge in [0.1, 0.15) is 0 Å². The first kappa shape index (κ1) is 16.6. The van der Waals surface area contributed by atoms with Crippen molar-refractivity contribution in [3.8, 4) is 11.4 Å². The molecule has 21 heavy (non-hydrogen) atoms. The van der Waals surface area contributed by atoms with E-state index in [1.807, 2.05) is 70.2 Å². The van der Waals surface area contributed by atoms with Crippen molar-refractivity contribution >= 4 is 5.57 Å². The maximum absolute atomic E-state index is 5.25. The Balaban J connectivity index is 0.00000106. The van der Waals surface area contributed by atoms with Gasteiger partial charge < -0.3 is 4.52 Å². The first-order chi connectivity index (χ1) is 10.2. The predicted octanol–water partition coefficient (Wildman–Crippen LogP) is 5.22. The molecule has 0 amide bonds. The Bertz CT molecular complexity index is 619. The normalized spacial score (nSPS) is 11.1. The van der Waals surface area contributed by atoms with E-state index in [1.54, 1.807) is 6.08 Å². The van der Waals surface area contributed by atoms with Gasteiger partial charge >= 0.3 is 0 Å². The minimum Gasteiger partial charge on any atom is -0.334 e. The Kier molecular flexibility index (Phi) is 6.88. The molecule has 0 N–H and O–H groups in total. The topological polar surface area (TPSA) is 38.9 Å². The molecule has 3 nitrogen and oxygen atoms in total. The van der Waals surface area contributed by atoms with E-state index in [0.29, 0.717) is 11.7 Å². The molecule has 2 aromatic rings. The number of hydrogen-bond donors (Lipinski definition) is 0. The fourth-order valence-corrected chi connectivity index (χ4v) is 1.55. The number of allylic oxidation sites excluding steroid dienone is 5. The van der Waals surface area contributed by atoms with Gasteiger partial charge in [0.05, 0.1) is 0 Å². The Morgan fingerprint density at radius 1 is 1.14 bits per heavy atom. The van der Waals surface area contributed by atoms with Crippen LogP contribution in [0.4, 0.5) is 0 Å². The van der Waals surface area contributed by atoms with Crippen molar-refractivity contribution in [3.63, 3.8) is 0 Å². The molecule has 0 aliphatic carbocycles. The third-order valence-corrected chi connectivity index (χ3v) is 2.67. The highest BCUT2D eigenvalue weighted by Crippen LogP contribution is 2.19. The van der Waals surface area contributed by atoms with Gasteiger partial charge in [0.25, 0.3) is 5.89 Å². The molecule has 0 saturated carbocycles. The van der Waals surface area contributed by atoms with Crippen molar-refractivity contribution in [2.75, 3.05) is 0 Å². The molecule has 0 aliphatic rings. The molecule has 0 unspecified atom stereocenters. The fraction of sp³-hybridized carbons (Fsp3) is 0.222. The van der Waals surface area contributed by atoms with E-state index in [-0.39, 0.29) is 0 Å². The number of aromatic nitrogens is 2. The van der Waals surface area contributed by atoms with Crippen molar-refractivity contribution in [3.05, 3.63) is 66.6 Å². The van der Waals surface area contributed by atoms with E-state index in [4.69, 9.17) is 4.52 Å². The molecule has 0 bridgehead atoms. The monoisotopic (exact) mass is 282 g/mol. The van der Waals surface area contributed by atoms with Crippen LogP contribution in [-0.4, -0.2) is 10.1 Å². The van der Waals surface area contributed by atoms with Crippen molar-refractivity contribution in [1.82, 2.24) is 10.1 Å². The van der Waals surface area contributed by atoms with Gasteiger partial charge in [0.2, 0.25) is 5.82 Å². The average molecular weight is 282 g/mol. The number of benzene rings is 1. The molecule has 1 heterocycles. The lowest BCUT2D eigenvalue weighted by Crippen LogP contribution is -1.82. The van der Waals surface area contributed by atoms with Crippen LogP contribution in [-0.2, 0) is 0 Å². The van der Waals surface area contributed by atoms with Crippen LogP contribution < -0.4 is 0 Å². The van der Waals surface area contributed by atoms with Crippen molar-refractivity contribution in [1.29, 1.82) is 0 Å². The lowest BCUT2D eigenvalue weighted by molar-refractivity contribution is 0.408. The third-order valence-electron chi connectivity index (χ3n) is 2.67. The second-order valence-corrected chi connectivity index (χ2v) is 4.26. The Hall–Kier alpha value is -2.42. The molecule has 2 rings (SSSR count). The lowest BCUT2D eigenvalue weighted by Gasteiger charge is -1.94. The van der Waals surface area contributed by atoms with Gasteiger partial charge in [-0.25, -0.2) is 0 Å². The zero-order valence-corrected chi connectivity index (χ0v) is 13.1. The molecular formula is C18H22N2O. The van der Waals surface area contributed by atoms with Crippen molar-refractivity contribution in [2.24, 2.45) is 0 Å². The highest BCUT2D eigenvalue weighted by molar-refractivity contribution is 5.61. The summed E-state index contributed by atoms with van der Waals surface area (Å²) in [6.07, 6.45) is 7.36. The zero-order chi connectivity index (χ0) is 15.7. The SMILES string of the molecule is C=C/C=C\C=C(/C)c1nc(-c2ccc(C)cc2)no1.CC. The van der Waals surface area contributed by atoms with E-state index in [9.17, 15) is 0 Å². The molecule has 0 saturated heterocycles. The van der Waals surface area contributed by atoms with Crippen LogP contribution >= 0.6 is 0 Å². The highest BCUT2D eigenvalue weighted by Gasteiger charge is 2.09. The molecule has 1 aromatic carbocycles. The largest absolute Gasteiger partial charge is 0.334 e. The standard InChI is InChI=1S/C16H16N2O.C2H6/c1-4-5-6-7-13(3)16-17-15(18-19-16)14-10-8-12(2)9-11-14;1-2/h4-11H,1H2,2-3H3;1-2H3/b6-5-,13-7+;. The van der Waals surface area contributed by atoms with E-state index in [2.05, 4.69) is 16.7 Å². The summed E-state index contributed by atoms with van der Waals surface area (Å²) >= 11 is 0. The van der Waals surface area contributed by atoms with E-state index >= 15 is 0 Å². The summed E-state index contributed by atoms with van der Waals surface area (Å²) < 4.78 is 5.25. The fourth-order valence-electron chi connectivity index (χ4n) is 1.55. The van der Waals surface area contributed by atoms with Crippen molar-refractivity contribution in [2.45, 2.75) is 27.7 Å². The van der Waals surface area contributed by atoms with Crippen LogP contribution in [0.3, 0.4) is 0 Å². The summed E-state index contributed by atoms with van der Waals surface area (Å²) in [6, 6.07) is 8.03. The smallest absolute Gasteiger partial charge is 0.253 e. The van der Waals surface area contributed by atoms with Crippen LogP contribution in [0.2, 0.25) is 0 Å². The zero-order valence-electron chi connectivity index (χ0n) is 13.1. The van der Waals surface area contributed by atoms with Crippen molar-refractivity contribution < 1.29 is 4.52 Å². The van der Waals surface area contributed by atoms with Crippen LogP contribution in [0, 0.1) is 6.92 Å². The highest BCUT2D eigenvalue weighted by atomic mass is 16.5. The summed E-state index contributed by atoms with van der Waals surface area (Å²) in [4.78, 5) is 4.38. The minimum atomic E-state index is 0.532. The quantitative estimate of drug-likeness (QED) is 0.722. The van der Waals surface area contributed by atoms with Gasteiger partial charge in [-0.2, -0.15) is 4.98 Å². The molecule has 0 spiro atoms. The Morgan fingerprint density at radius 2 is 1.81 bits per heavy atom. The summed E-state index contributed by atoms with van der Waals surface area (Å²) in [6.45, 7) is 11.6. The van der Waals surface area contributed by atoms with Crippen LogP contribution in [0.1, 0.15) is 32.2 Å². The van der Waals surface area contributed by atoms with Gasteiger partial charge in [-0.3, -0.25) is 0 Å². The van der Waals surface area contributed by atoms with Gasteiger partial charge in [-0.15, -0.1) is 0 Å². The lowest BCUT2D eigenvalue weighted by atomic mass is 10.1. The molecular weight excluding hydrogens is 260 g/mol. The van der Waals surface area contributed by atoms with Crippen LogP contribution in [0.15, 0.2) is 59.7 Å². The summed E-state index contributed by atoms with van der Waals surface area (Å²) in [5, 5.41) is 3.99. The van der Waals surface area contributed by atoms with Crippen LogP contribution in [0.5, 0.6) is 0 Å². The van der Waals surface area contributed by atoms with E-state index < -0.39 is 0 Å². The third kappa shape index (κ3) is 4.88. The molecule has 0 aliphatic heterocycles. The predicted molar refractivity (Wildman–Crippen MR) is 88.8 cm³/mol. The Morgan fingerprint density at radius 3 is 2.43 bits per heavy atom. The molecule has 0 radical (unpaired) electrons. The first-order valence-corrected chi connectivity index (χ1v) is 7.08. The maximum atomic E-state index is 5.25. The van der Waals surface area contributed by atoms with Gasteiger partial charge in [-0.1, -0.05) is 79.7 Å².